The molecule has 0 aromatic heterocycles. The van der Waals surface area contributed by atoms with Crippen LogP contribution in [0.5, 0.6) is 5.75 Å². The largest absolute Gasteiger partial charge is 0.412 e. The maximum absolute atomic E-state index is 13.4. The fourth-order valence-corrected chi connectivity index (χ4v) is 3.76. The van der Waals surface area contributed by atoms with E-state index < -0.39 is 49.5 Å². The number of hydrogen-bond donors (Lipinski definition) is 1. The van der Waals surface area contributed by atoms with Crippen LogP contribution in [0.15, 0.2) is 0 Å². The molecule has 0 aliphatic carbocycles. The molecule has 0 saturated carbocycles. The van der Waals surface area contributed by atoms with E-state index in [4.69, 9.17) is 8.85 Å². The summed E-state index contributed by atoms with van der Waals surface area (Å²) in [5.74, 6) is -12.9. The quantitative estimate of drug-likeness (QED) is 0.345. The molecule has 1 aromatic rings. The van der Waals surface area contributed by atoms with Gasteiger partial charge in [-0.05, 0) is 20.4 Å². The van der Waals surface area contributed by atoms with Gasteiger partial charge >= 0.3 is 14.7 Å². The van der Waals surface area contributed by atoms with Crippen molar-refractivity contribution in [2.45, 2.75) is 20.4 Å². The summed E-state index contributed by atoms with van der Waals surface area (Å²) in [5.41, 5.74) is 0. The number of carbonyl (C=O) groups excluding carboxylic acids is 1. The van der Waals surface area contributed by atoms with Gasteiger partial charge in [-0.1, -0.05) is 0 Å². The Balaban J connectivity index is 2.86. The number of amides is 1. The number of benzene rings is 1. The van der Waals surface area contributed by atoms with Gasteiger partial charge in [0.1, 0.15) is 0 Å². The fourth-order valence-electron chi connectivity index (χ4n) is 1.79. The third kappa shape index (κ3) is 4.64. The Morgan fingerprint density at radius 1 is 0.917 bits per heavy atom. The lowest BCUT2D eigenvalue weighted by molar-refractivity contribution is 0.177. The molecule has 5 nitrogen and oxygen atoms in total. The van der Waals surface area contributed by atoms with Gasteiger partial charge < -0.3 is 18.9 Å². The summed E-state index contributed by atoms with van der Waals surface area (Å²) in [5, 5.41) is 2.13. The van der Waals surface area contributed by atoms with E-state index in [1.54, 1.807) is 20.4 Å². The van der Waals surface area contributed by atoms with Gasteiger partial charge in [0.05, 0.1) is 6.17 Å². The van der Waals surface area contributed by atoms with Gasteiger partial charge in [-0.25, -0.2) is 18.0 Å². The number of halogens is 5. The predicted octanol–water partition coefficient (Wildman–Crippen LogP) is 3.15. The predicted molar refractivity (Wildman–Crippen MR) is 75.1 cm³/mol. The van der Waals surface area contributed by atoms with Crippen molar-refractivity contribution >= 4 is 14.7 Å². The molecule has 0 bridgehead atoms. The maximum atomic E-state index is 13.4. The van der Waals surface area contributed by atoms with Gasteiger partial charge in [0.15, 0.2) is 0 Å². The summed E-state index contributed by atoms with van der Waals surface area (Å²) in [6.45, 7) is 5.64. The second-order valence-corrected chi connectivity index (χ2v) is 7.84. The van der Waals surface area contributed by atoms with Crippen molar-refractivity contribution in [3.8, 4) is 5.75 Å². The van der Waals surface area contributed by atoms with Crippen molar-refractivity contribution in [2.24, 2.45) is 0 Å². The molecule has 0 aliphatic rings. The standard InChI is InChI=1S/C13H16F5NO4Si/c1-4-21-24(3,22-5-2)6-19-13(20)23-12-10(17)8(15)7(14)9(16)11(12)18/h4-6H2,1-3H3,(H,19,20). The molecule has 0 heterocycles. The Labute approximate surface area is 135 Å². The number of carbonyl (C=O) groups is 1. The van der Waals surface area contributed by atoms with Crippen LogP contribution < -0.4 is 10.1 Å². The van der Waals surface area contributed by atoms with Crippen LogP contribution in [0.25, 0.3) is 0 Å². The SMILES string of the molecule is CCO[Si](C)(CNC(=O)Oc1c(F)c(F)c(F)c(F)c1F)OCC. The van der Waals surface area contributed by atoms with Crippen LogP contribution in [-0.2, 0) is 8.85 Å². The fraction of sp³-hybridized carbons (Fsp3) is 0.462. The Kier molecular flexibility index (Phi) is 7.11. The third-order valence-corrected chi connectivity index (χ3v) is 5.44. The molecule has 0 unspecified atom stereocenters. The highest BCUT2D eigenvalue weighted by molar-refractivity contribution is 6.66. The summed E-state index contributed by atoms with van der Waals surface area (Å²) >= 11 is 0. The van der Waals surface area contributed by atoms with Crippen LogP contribution in [0.2, 0.25) is 6.55 Å². The molecular weight excluding hydrogens is 357 g/mol. The number of nitrogens with one attached hydrogen (secondary N) is 1. The van der Waals surface area contributed by atoms with Gasteiger partial charge in [-0.15, -0.1) is 0 Å². The molecule has 136 valence electrons. The number of ether oxygens (including phenoxy) is 1. The lowest BCUT2D eigenvalue weighted by Crippen LogP contribution is -2.50. The zero-order chi connectivity index (χ0) is 18.5. The molecular formula is C13H16F5NO4Si. The second-order valence-electron chi connectivity index (χ2n) is 4.64. The number of hydrogen-bond acceptors (Lipinski definition) is 4. The first-order valence-corrected chi connectivity index (χ1v) is 9.44. The van der Waals surface area contributed by atoms with E-state index in [1.165, 1.54) is 0 Å². The zero-order valence-corrected chi connectivity index (χ0v) is 14.1. The van der Waals surface area contributed by atoms with Crippen LogP contribution in [0.3, 0.4) is 0 Å². The Morgan fingerprint density at radius 2 is 1.33 bits per heavy atom. The van der Waals surface area contributed by atoms with E-state index in [0.717, 1.165) is 0 Å². The second kappa shape index (κ2) is 8.40. The smallest absolute Gasteiger partial charge is 0.404 e. The third-order valence-electron chi connectivity index (χ3n) is 2.82. The van der Waals surface area contributed by atoms with Crippen molar-refractivity contribution in [1.82, 2.24) is 5.32 Å². The summed E-state index contributed by atoms with van der Waals surface area (Å²) in [4.78, 5) is 11.6. The average molecular weight is 373 g/mol. The molecule has 1 aromatic carbocycles. The van der Waals surface area contributed by atoms with Crippen LogP contribution in [0.1, 0.15) is 13.8 Å². The topological polar surface area (TPSA) is 56.8 Å². The van der Waals surface area contributed by atoms with Crippen LogP contribution in [0, 0.1) is 29.1 Å². The summed E-state index contributed by atoms with van der Waals surface area (Å²) < 4.78 is 80.8. The summed E-state index contributed by atoms with van der Waals surface area (Å²) in [6, 6.07) is 0. The Morgan fingerprint density at radius 3 is 1.75 bits per heavy atom. The van der Waals surface area contributed by atoms with E-state index in [-0.39, 0.29) is 6.17 Å². The van der Waals surface area contributed by atoms with E-state index in [0.29, 0.717) is 13.2 Å². The van der Waals surface area contributed by atoms with Gasteiger partial charge in [0, 0.05) is 13.2 Å². The van der Waals surface area contributed by atoms with Gasteiger partial charge in [-0.2, -0.15) is 8.78 Å². The molecule has 0 spiro atoms. The van der Waals surface area contributed by atoms with Gasteiger partial charge in [-0.3, -0.25) is 0 Å². The average Bonchev–Trinajstić information content (AvgIpc) is 2.54. The minimum Gasteiger partial charge on any atom is -0.404 e. The first kappa shape index (κ1) is 20.3. The van der Waals surface area contributed by atoms with E-state index in [1.807, 2.05) is 0 Å². The molecule has 0 saturated heterocycles. The lowest BCUT2D eigenvalue weighted by atomic mass is 10.3. The van der Waals surface area contributed by atoms with Gasteiger partial charge in [0.2, 0.25) is 34.8 Å². The highest BCUT2D eigenvalue weighted by Crippen LogP contribution is 2.29. The Bertz CT molecular complexity index is 582. The molecule has 0 radical (unpaired) electrons. The van der Waals surface area contributed by atoms with Crippen molar-refractivity contribution in [3.05, 3.63) is 29.1 Å². The monoisotopic (exact) mass is 373 g/mol. The van der Waals surface area contributed by atoms with E-state index >= 15 is 0 Å². The number of rotatable bonds is 7. The Hall–Kier alpha value is -1.72. The highest BCUT2D eigenvalue weighted by Gasteiger charge is 2.33. The molecule has 0 aliphatic heterocycles. The zero-order valence-electron chi connectivity index (χ0n) is 13.1. The van der Waals surface area contributed by atoms with Crippen molar-refractivity contribution in [1.29, 1.82) is 0 Å². The molecule has 1 amide bonds. The van der Waals surface area contributed by atoms with E-state index in [9.17, 15) is 26.7 Å². The van der Waals surface area contributed by atoms with E-state index in [2.05, 4.69) is 10.1 Å². The van der Waals surface area contributed by atoms with Crippen LogP contribution in [0.4, 0.5) is 26.7 Å². The maximum Gasteiger partial charge on any atom is 0.412 e. The first-order chi connectivity index (χ1) is 11.2. The van der Waals surface area contributed by atoms with Gasteiger partial charge in [0.25, 0.3) is 0 Å². The first-order valence-electron chi connectivity index (χ1n) is 6.91. The molecule has 11 heteroatoms. The molecule has 0 fully saturated rings. The van der Waals surface area contributed by atoms with Crippen LogP contribution in [-0.4, -0.2) is 34.0 Å². The molecule has 1 N–H and O–H groups in total. The minimum atomic E-state index is -2.79. The minimum absolute atomic E-state index is 0.150. The summed E-state index contributed by atoms with van der Waals surface area (Å²) in [7, 11) is -2.79. The van der Waals surface area contributed by atoms with Crippen molar-refractivity contribution in [3.63, 3.8) is 0 Å². The lowest BCUT2D eigenvalue weighted by Gasteiger charge is -2.25. The van der Waals surface area contributed by atoms with Crippen LogP contribution >= 0.6 is 0 Å². The molecule has 24 heavy (non-hydrogen) atoms. The highest BCUT2D eigenvalue weighted by atomic mass is 28.4. The van der Waals surface area contributed by atoms with Crippen molar-refractivity contribution < 1.29 is 40.3 Å². The summed E-state index contributed by atoms with van der Waals surface area (Å²) in [6.07, 6.45) is -1.56. The molecule has 1 rings (SSSR count). The molecule has 0 atom stereocenters. The van der Waals surface area contributed by atoms with Crippen molar-refractivity contribution in [2.75, 3.05) is 19.4 Å². The normalized spacial score (nSPS) is 11.5.